The topological polar surface area (TPSA) is 62.2 Å². The zero-order valence-electron chi connectivity index (χ0n) is 17.9. The number of nitrogens with zero attached hydrogens (tertiary/aromatic N) is 2. The number of fused-ring (bicyclic) bond motifs is 1. The van der Waals surface area contributed by atoms with Crippen LogP contribution in [-0.4, -0.2) is 27.9 Å². The molecule has 1 aromatic heterocycles. The molecule has 28 heavy (non-hydrogen) atoms. The van der Waals surface area contributed by atoms with Gasteiger partial charge < -0.3 is 4.98 Å². The van der Waals surface area contributed by atoms with Crippen molar-refractivity contribution in [1.29, 1.82) is 0 Å². The molecule has 2 aromatic rings. The molecule has 0 radical (unpaired) electrons. The maximum Gasteiger partial charge on any atom is 0.270 e. The molecule has 1 unspecified atom stereocenters. The van der Waals surface area contributed by atoms with Gasteiger partial charge >= 0.3 is 0 Å². The lowest BCUT2D eigenvalue weighted by Crippen LogP contribution is -2.31. The van der Waals surface area contributed by atoms with Gasteiger partial charge in [0.2, 0.25) is 0 Å². The maximum atomic E-state index is 11.1. The predicted octanol–water partition coefficient (Wildman–Crippen LogP) is 6.99. The first kappa shape index (κ1) is 22.4. The summed E-state index contributed by atoms with van der Waals surface area (Å²) in [6.45, 7) is 8.97. The van der Waals surface area contributed by atoms with Crippen LogP contribution in [0.5, 0.6) is 0 Å². The summed E-state index contributed by atoms with van der Waals surface area (Å²) in [4.78, 5) is 17.0. The van der Waals surface area contributed by atoms with E-state index in [4.69, 9.17) is 0 Å². The number of unbranched alkanes of at least 4 members (excludes halogenated alkanes) is 5. The van der Waals surface area contributed by atoms with Crippen LogP contribution in [0, 0.1) is 10.1 Å². The highest BCUT2D eigenvalue weighted by atomic mass is 16.6. The fourth-order valence-electron chi connectivity index (χ4n) is 3.88. The van der Waals surface area contributed by atoms with Gasteiger partial charge in [0.15, 0.2) is 0 Å². The number of hydrogen-bond donors (Lipinski definition) is 1. The minimum atomic E-state index is -0.316. The Bertz CT molecular complexity index is 718. The Balaban J connectivity index is 2.29. The molecule has 0 amide bonds. The Kier molecular flexibility index (Phi) is 9.48. The van der Waals surface area contributed by atoms with Gasteiger partial charge in [0, 0.05) is 34.8 Å². The van der Waals surface area contributed by atoms with Crippen LogP contribution >= 0.6 is 0 Å². The van der Waals surface area contributed by atoms with Gasteiger partial charge in [0.05, 0.1) is 4.92 Å². The van der Waals surface area contributed by atoms with Crippen LogP contribution in [0.2, 0.25) is 0 Å². The van der Waals surface area contributed by atoms with E-state index in [0.29, 0.717) is 6.04 Å². The number of benzene rings is 1. The zero-order valence-corrected chi connectivity index (χ0v) is 17.9. The van der Waals surface area contributed by atoms with E-state index in [1.165, 1.54) is 57.1 Å². The molecule has 1 N–H and O–H groups in total. The number of H-pyrrole nitrogens is 1. The zero-order chi connectivity index (χ0) is 20.4. The Morgan fingerprint density at radius 1 is 0.964 bits per heavy atom. The molecule has 5 heteroatoms. The van der Waals surface area contributed by atoms with E-state index >= 15 is 0 Å². The van der Waals surface area contributed by atoms with Gasteiger partial charge in [0.1, 0.15) is 0 Å². The van der Waals surface area contributed by atoms with E-state index in [1.54, 1.807) is 12.1 Å². The van der Waals surface area contributed by atoms with E-state index in [1.807, 2.05) is 6.07 Å². The molecule has 156 valence electrons. The lowest BCUT2D eigenvalue weighted by Gasteiger charge is -2.31. The molecule has 5 nitrogen and oxygen atoms in total. The van der Waals surface area contributed by atoms with Gasteiger partial charge in [-0.05, 0) is 44.5 Å². The summed E-state index contributed by atoms with van der Waals surface area (Å²) in [5.41, 5.74) is 2.36. The summed E-state index contributed by atoms with van der Waals surface area (Å²) < 4.78 is 0. The third-order valence-electron chi connectivity index (χ3n) is 5.56. The highest BCUT2D eigenvalue weighted by molar-refractivity contribution is 5.82. The molecule has 2 rings (SSSR count). The maximum absolute atomic E-state index is 11.1. The van der Waals surface area contributed by atoms with Crippen LogP contribution in [-0.2, 0) is 0 Å². The fourth-order valence-corrected chi connectivity index (χ4v) is 3.88. The van der Waals surface area contributed by atoms with E-state index < -0.39 is 0 Å². The number of hydrogen-bond acceptors (Lipinski definition) is 3. The second-order valence-electron chi connectivity index (χ2n) is 7.86. The standard InChI is InChI=1S/C23H37N3O2/c1-4-7-10-11-12-23(25(15-8-5-2)16-9-6-3)22-18-19-17-20(26(27)28)13-14-21(19)24-22/h13-14,17-18,23-24H,4-12,15-16H2,1-3H3. The van der Waals surface area contributed by atoms with Gasteiger partial charge in [-0.1, -0.05) is 59.3 Å². The van der Waals surface area contributed by atoms with Crippen molar-refractivity contribution in [3.8, 4) is 0 Å². The van der Waals surface area contributed by atoms with Gasteiger partial charge in [-0.15, -0.1) is 0 Å². The minimum absolute atomic E-state index is 0.159. The second kappa shape index (κ2) is 11.8. The van der Waals surface area contributed by atoms with Crippen LogP contribution < -0.4 is 0 Å². The largest absolute Gasteiger partial charge is 0.357 e. The summed E-state index contributed by atoms with van der Waals surface area (Å²) in [7, 11) is 0. The van der Waals surface area contributed by atoms with E-state index in [9.17, 15) is 10.1 Å². The summed E-state index contributed by atoms with van der Waals surface area (Å²) in [6, 6.07) is 7.61. The molecule has 0 aliphatic carbocycles. The Hall–Kier alpha value is -1.88. The molecule has 0 fully saturated rings. The van der Waals surface area contributed by atoms with Crippen molar-refractivity contribution in [2.45, 2.75) is 84.6 Å². The van der Waals surface area contributed by atoms with Crippen molar-refractivity contribution in [1.82, 2.24) is 9.88 Å². The van der Waals surface area contributed by atoms with Crippen LogP contribution in [0.1, 0.15) is 90.3 Å². The Morgan fingerprint density at radius 2 is 1.64 bits per heavy atom. The molecule has 0 saturated heterocycles. The van der Waals surface area contributed by atoms with Crippen LogP contribution in [0.4, 0.5) is 5.69 Å². The molecule has 0 spiro atoms. The highest BCUT2D eigenvalue weighted by Gasteiger charge is 2.22. The third kappa shape index (κ3) is 6.33. The van der Waals surface area contributed by atoms with Crippen molar-refractivity contribution in [3.05, 3.63) is 40.1 Å². The van der Waals surface area contributed by atoms with Gasteiger partial charge in [0.25, 0.3) is 5.69 Å². The molecule has 0 bridgehead atoms. The van der Waals surface area contributed by atoms with Gasteiger partial charge in [-0.2, -0.15) is 0 Å². The summed E-state index contributed by atoms with van der Waals surface area (Å²) in [5.74, 6) is 0. The Morgan fingerprint density at radius 3 is 2.25 bits per heavy atom. The van der Waals surface area contributed by atoms with E-state index in [0.717, 1.165) is 30.4 Å². The van der Waals surface area contributed by atoms with Crippen LogP contribution in [0.25, 0.3) is 10.9 Å². The number of aromatic nitrogens is 1. The smallest absolute Gasteiger partial charge is 0.270 e. The molecule has 0 saturated carbocycles. The number of non-ortho nitro benzene ring substituents is 1. The number of nitro groups is 1. The van der Waals surface area contributed by atoms with E-state index in [2.05, 4.69) is 36.7 Å². The SMILES string of the molecule is CCCCCCC(c1cc2cc([N+](=O)[O-])ccc2[nH]1)N(CCCC)CCCC. The van der Waals surface area contributed by atoms with Crippen LogP contribution in [0.15, 0.2) is 24.3 Å². The Labute approximate surface area is 169 Å². The molecule has 1 aromatic carbocycles. The van der Waals surface area contributed by atoms with Crippen molar-refractivity contribution in [2.75, 3.05) is 13.1 Å². The quantitative estimate of drug-likeness (QED) is 0.216. The molecule has 1 atom stereocenters. The first-order chi connectivity index (χ1) is 13.6. The lowest BCUT2D eigenvalue weighted by atomic mass is 10.0. The number of aromatic amines is 1. The summed E-state index contributed by atoms with van der Waals surface area (Å²) >= 11 is 0. The van der Waals surface area contributed by atoms with Gasteiger partial charge in [-0.3, -0.25) is 15.0 Å². The normalized spacial score (nSPS) is 12.7. The number of nitro benzene ring substituents is 1. The lowest BCUT2D eigenvalue weighted by molar-refractivity contribution is -0.384. The summed E-state index contributed by atoms with van der Waals surface area (Å²) in [6.07, 6.45) is 11.0. The van der Waals surface area contributed by atoms with Crippen molar-refractivity contribution < 1.29 is 4.92 Å². The molecule has 1 heterocycles. The monoisotopic (exact) mass is 387 g/mol. The average molecular weight is 388 g/mol. The fraction of sp³-hybridized carbons (Fsp3) is 0.652. The van der Waals surface area contributed by atoms with Crippen molar-refractivity contribution in [3.63, 3.8) is 0 Å². The van der Waals surface area contributed by atoms with Gasteiger partial charge in [-0.25, -0.2) is 0 Å². The summed E-state index contributed by atoms with van der Waals surface area (Å²) in [5, 5.41) is 12.1. The second-order valence-corrected chi connectivity index (χ2v) is 7.86. The molecular formula is C23H37N3O2. The highest BCUT2D eigenvalue weighted by Crippen LogP contribution is 2.31. The van der Waals surface area contributed by atoms with E-state index in [-0.39, 0.29) is 10.6 Å². The first-order valence-corrected chi connectivity index (χ1v) is 11.1. The average Bonchev–Trinajstić information content (AvgIpc) is 3.11. The van der Waals surface area contributed by atoms with Crippen LogP contribution in [0.3, 0.4) is 0 Å². The predicted molar refractivity (Wildman–Crippen MR) is 118 cm³/mol. The number of rotatable bonds is 14. The van der Waals surface area contributed by atoms with Crippen molar-refractivity contribution >= 4 is 16.6 Å². The number of nitrogens with one attached hydrogen (secondary N) is 1. The molecule has 0 aliphatic heterocycles. The molecule has 0 aliphatic rings. The minimum Gasteiger partial charge on any atom is -0.357 e. The first-order valence-electron chi connectivity index (χ1n) is 11.1. The van der Waals surface area contributed by atoms with Crippen molar-refractivity contribution in [2.24, 2.45) is 0 Å². The third-order valence-corrected chi connectivity index (χ3v) is 5.56. The molecular weight excluding hydrogens is 350 g/mol.